The molecule has 8 nitrogen and oxygen atoms in total. The molecule has 1 aromatic heterocycles. The summed E-state index contributed by atoms with van der Waals surface area (Å²) in [6, 6.07) is 2.76. The molecule has 3 N–H and O–H groups in total. The summed E-state index contributed by atoms with van der Waals surface area (Å²) in [4.78, 5) is 38.1. The van der Waals surface area contributed by atoms with E-state index >= 15 is 0 Å². The van der Waals surface area contributed by atoms with Crippen LogP contribution in [0.5, 0.6) is 0 Å². The molecule has 126 valence electrons. The SMILES string of the molecule is CC(C)(C)OC(=O)NCCCNC(=O)c1ncccc1C(=O)O. The third-order valence-corrected chi connectivity index (χ3v) is 2.56. The number of carboxylic acid groups (broad SMARTS) is 1. The first-order chi connectivity index (χ1) is 10.7. The second kappa shape index (κ2) is 8.11. The van der Waals surface area contributed by atoms with Crippen LogP contribution in [0.25, 0.3) is 0 Å². The van der Waals surface area contributed by atoms with Gasteiger partial charge >= 0.3 is 12.1 Å². The summed E-state index contributed by atoms with van der Waals surface area (Å²) in [5.41, 5.74) is -0.859. The third-order valence-electron chi connectivity index (χ3n) is 2.56. The Morgan fingerprint density at radius 3 is 2.48 bits per heavy atom. The van der Waals surface area contributed by atoms with Gasteiger partial charge in [-0.1, -0.05) is 0 Å². The normalized spacial score (nSPS) is 10.7. The van der Waals surface area contributed by atoms with Crippen LogP contribution >= 0.6 is 0 Å². The number of aromatic nitrogens is 1. The molecule has 0 aliphatic carbocycles. The van der Waals surface area contributed by atoms with E-state index in [1.807, 2.05) is 0 Å². The van der Waals surface area contributed by atoms with Crippen molar-refractivity contribution in [3.8, 4) is 0 Å². The van der Waals surface area contributed by atoms with Crippen LogP contribution < -0.4 is 10.6 Å². The lowest BCUT2D eigenvalue weighted by molar-refractivity contribution is 0.0526. The predicted molar refractivity (Wildman–Crippen MR) is 82.4 cm³/mol. The van der Waals surface area contributed by atoms with Gasteiger partial charge in [-0.3, -0.25) is 9.78 Å². The summed E-state index contributed by atoms with van der Waals surface area (Å²) in [6.45, 7) is 5.88. The number of carbonyl (C=O) groups is 3. The Bertz CT molecular complexity index is 581. The average molecular weight is 323 g/mol. The zero-order valence-corrected chi connectivity index (χ0v) is 13.4. The topological polar surface area (TPSA) is 118 Å². The van der Waals surface area contributed by atoms with E-state index in [1.165, 1.54) is 18.3 Å². The molecule has 0 atom stereocenters. The summed E-state index contributed by atoms with van der Waals surface area (Å²) in [6.07, 6.45) is 1.30. The zero-order valence-electron chi connectivity index (χ0n) is 13.4. The molecule has 0 radical (unpaired) electrons. The number of ether oxygens (including phenoxy) is 1. The Balaban J connectivity index is 2.36. The highest BCUT2D eigenvalue weighted by Gasteiger charge is 2.17. The van der Waals surface area contributed by atoms with Crippen LogP contribution in [0.3, 0.4) is 0 Å². The number of alkyl carbamates (subject to hydrolysis) is 1. The lowest BCUT2D eigenvalue weighted by Gasteiger charge is -2.19. The van der Waals surface area contributed by atoms with E-state index in [-0.39, 0.29) is 17.8 Å². The van der Waals surface area contributed by atoms with Gasteiger partial charge in [0.25, 0.3) is 5.91 Å². The van der Waals surface area contributed by atoms with Crippen molar-refractivity contribution < 1.29 is 24.2 Å². The molecule has 0 spiro atoms. The molecule has 1 aromatic rings. The first kappa shape index (κ1) is 18.4. The van der Waals surface area contributed by atoms with Gasteiger partial charge < -0.3 is 20.5 Å². The molecular weight excluding hydrogens is 302 g/mol. The second-order valence-corrected chi connectivity index (χ2v) is 5.74. The van der Waals surface area contributed by atoms with Crippen LogP contribution in [0.15, 0.2) is 18.3 Å². The maximum Gasteiger partial charge on any atom is 0.407 e. The largest absolute Gasteiger partial charge is 0.478 e. The molecule has 0 bridgehead atoms. The van der Waals surface area contributed by atoms with Gasteiger partial charge in [-0.25, -0.2) is 9.59 Å². The lowest BCUT2D eigenvalue weighted by Crippen LogP contribution is -2.34. The van der Waals surface area contributed by atoms with E-state index in [0.29, 0.717) is 13.0 Å². The van der Waals surface area contributed by atoms with Crippen molar-refractivity contribution in [2.24, 2.45) is 0 Å². The second-order valence-electron chi connectivity index (χ2n) is 5.74. The van der Waals surface area contributed by atoms with Gasteiger partial charge in [0.2, 0.25) is 0 Å². The fourth-order valence-corrected chi connectivity index (χ4v) is 1.64. The van der Waals surface area contributed by atoms with E-state index in [9.17, 15) is 14.4 Å². The Kier molecular flexibility index (Phi) is 6.49. The van der Waals surface area contributed by atoms with E-state index in [2.05, 4.69) is 15.6 Å². The van der Waals surface area contributed by atoms with Crippen molar-refractivity contribution >= 4 is 18.0 Å². The van der Waals surface area contributed by atoms with E-state index < -0.39 is 23.6 Å². The van der Waals surface area contributed by atoms with Crippen LogP contribution in [0, 0.1) is 0 Å². The summed E-state index contributed by atoms with van der Waals surface area (Å²) >= 11 is 0. The fourth-order valence-electron chi connectivity index (χ4n) is 1.64. The van der Waals surface area contributed by atoms with Gasteiger partial charge in [-0.05, 0) is 39.3 Å². The van der Waals surface area contributed by atoms with Gasteiger partial charge in [0.1, 0.15) is 11.3 Å². The third kappa shape index (κ3) is 6.77. The maximum atomic E-state index is 11.9. The molecule has 0 fully saturated rings. The minimum atomic E-state index is -1.21. The van der Waals surface area contributed by atoms with Crippen LogP contribution in [-0.4, -0.2) is 46.8 Å². The fraction of sp³-hybridized carbons (Fsp3) is 0.467. The molecule has 1 heterocycles. The van der Waals surface area contributed by atoms with Crippen LogP contribution in [0.2, 0.25) is 0 Å². The summed E-state index contributed by atoms with van der Waals surface area (Å²) in [7, 11) is 0. The molecule has 0 saturated carbocycles. The number of amides is 2. The number of nitrogens with zero attached hydrogens (tertiary/aromatic N) is 1. The standard InChI is InChI=1S/C15H21N3O5/c1-15(2,3)23-14(22)18-9-5-8-17-12(19)11-10(13(20)21)6-4-7-16-11/h4,6-7H,5,8-9H2,1-3H3,(H,17,19)(H,18,22)(H,20,21). The van der Waals surface area contributed by atoms with Gasteiger partial charge in [0, 0.05) is 19.3 Å². The quantitative estimate of drug-likeness (QED) is 0.682. The molecule has 0 aliphatic heterocycles. The van der Waals surface area contributed by atoms with E-state index in [1.54, 1.807) is 20.8 Å². The zero-order chi connectivity index (χ0) is 17.5. The number of rotatable bonds is 6. The first-order valence-corrected chi connectivity index (χ1v) is 7.14. The number of carbonyl (C=O) groups excluding carboxylic acids is 2. The minimum Gasteiger partial charge on any atom is -0.478 e. The molecule has 0 aromatic carbocycles. The summed E-state index contributed by atoms with van der Waals surface area (Å²) in [5.74, 6) is -1.78. The predicted octanol–water partition coefficient (Wildman–Crippen LogP) is 1.42. The highest BCUT2D eigenvalue weighted by atomic mass is 16.6. The highest BCUT2D eigenvalue weighted by Crippen LogP contribution is 2.06. The molecule has 0 unspecified atom stereocenters. The van der Waals surface area contributed by atoms with Crippen molar-refractivity contribution in [3.63, 3.8) is 0 Å². The van der Waals surface area contributed by atoms with Gasteiger partial charge in [-0.2, -0.15) is 0 Å². The summed E-state index contributed by atoms with van der Waals surface area (Å²) in [5, 5.41) is 14.1. The molecule has 0 aliphatic rings. The molecule has 23 heavy (non-hydrogen) atoms. The number of aromatic carboxylic acids is 1. The summed E-state index contributed by atoms with van der Waals surface area (Å²) < 4.78 is 5.06. The smallest absolute Gasteiger partial charge is 0.407 e. The Labute approximate surface area is 134 Å². The van der Waals surface area contributed by atoms with E-state index in [0.717, 1.165) is 0 Å². The molecule has 0 saturated heterocycles. The van der Waals surface area contributed by atoms with Crippen molar-refractivity contribution in [3.05, 3.63) is 29.6 Å². The lowest BCUT2D eigenvalue weighted by atomic mass is 10.2. The molecular formula is C15H21N3O5. The Morgan fingerprint density at radius 1 is 1.22 bits per heavy atom. The highest BCUT2D eigenvalue weighted by molar-refractivity contribution is 6.03. The van der Waals surface area contributed by atoms with Crippen LogP contribution in [0.1, 0.15) is 48.0 Å². The maximum absolute atomic E-state index is 11.9. The number of nitrogens with one attached hydrogen (secondary N) is 2. The van der Waals surface area contributed by atoms with E-state index in [4.69, 9.17) is 9.84 Å². The number of pyridine rings is 1. The van der Waals surface area contributed by atoms with Gasteiger partial charge in [-0.15, -0.1) is 0 Å². The van der Waals surface area contributed by atoms with Crippen molar-refractivity contribution in [1.29, 1.82) is 0 Å². The number of hydrogen-bond donors (Lipinski definition) is 3. The monoisotopic (exact) mass is 323 g/mol. The molecule has 2 amide bonds. The van der Waals surface area contributed by atoms with Crippen molar-refractivity contribution in [2.45, 2.75) is 32.8 Å². The van der Waals surface area contributed by atoms with Crippen LogP contribution in [0.4, 0.5) is 4.79 Å². The average Bonchev–Trinajstić information content (AvgIpc) is 2.44. The van der Waals surface area contributed by atoms with Gasteiger partial charge in [0.05, 0.1) is 5.56 Å². The number of hydrogen-bond acceptors (Lipinski definition) is 5. The first-order valence-electron chi connectivity index (χ1n) is 7.14. The van der Waals surface area contributed by atoms with Crippen LogP contribution in [-0.2, 0) is 4.74 Å². The Hall–Kier alpha value is -2.64. The minimum absolute atomic E-state index is 0.139. The molecule has 1 rings (SSSR count). The number of carboxylic acids is 1. The van der Waals surface area contributed by atoms with Crippen molar-refractivity contribution in [2.75, 3.05) is 13.1 Å². The van der Waals surface area contributed by atoms with Crippen molar-refractivity contribution in [1.82, 2.24) is 15.6 Å². The van der Waals surface area contributed by atoms with Gasteiger partial charge in [0.15, 0.2) is 0 Å². The Morgan fingerprint density at radius 2 is 1.87 bits per heavy atom. The molecule has 8 heteroatoms.